The van der Waals surface area contributed by atoms with E-state index in [0.717, 1.165) is 45.7 Å². The smallest absolute Gasteiger partial charge is 0.123 e. The molecular formula is C20H28FN3S. The molecule has 1 aliphatic rings. The molecule has 5 heteroatoms. The summed E-state index contributed by atoms with van der Waals surface area (Å²) in [5.41, 5.74) is 2.41. The second-order valence-corrected chi connectivity index (χ2v) is 7.81. The molecule has 1 aromatic carbocycles. The molecule has 0 saturated carbocycles. The summed E-state index contributed by atoms with van der Waals surface area (Å²) in [5, 5.41) is 3.51. The van der Waals surface area contributed by atoms with Gasteiger partial charge in [-0.2, -0.15) is 0 Å². The van der Waals surface area contributed by atoms with Crippen LogP contribution in [0.3, 0.4) is 0 Å². The molecule has 1 aliphatic heterocycles. The lowest BCUT2D eigenvalue weighted by Crippen LogP contribution is -2.30. The average Bonchev–Trinajstić information content (AvgIpc) is 2.94. The van der Waals surface area contributed by atoms with Crippen LogP contribution in [0.5, 0.6) is 0 Å². The van der Waals surface area contributed by atoms with Gasteiger partial charge in [-0.1, -0.05) is 25.5 Å². The second-order valence-electron chi connectivity index (χ2n) is 6.87. The summed E-state index contributed by atoms with van der Waals surface area (Å²) in [4.78, 5) is 9.79. The van der Waals surface area contributed by atoms with Gasteiger partial charge < -0.3 is 0 Å². The van der Waals surface area contributed by atoms with E-state index in [1.165, 1.54) is 35.5 Å². The monoisotopic (exact) mass is 361 g/mol. The zero-order chi connectivity index (χ0) is 17.5. The minimum atomic E-state index is -0.160. The number of hydrogen-bond donors (Lipinski definition) is 0. The van der Waals surface area contributed by atoms with Crippen molar-refractivity contribution in [1.29, 1.82) is 0 Å². The van der Waals surface area contributed by atoms with Crippen molar-refractivity contribution in [2.45, 2.75) is 45.7 Å². The lowest BCUT2D eigenvalue weighted by molar-refractivity contribution is 0.245. The number of halogens is 1. The van der Waals surface area contributed by atoms with Crippen LogP contribution in [0.1, 0.15) is 42.5 Å². The van der Waals surface area contributed by atoms with Gasteiger partial charge in [-0.15, -0.1) is 11.3 Å². The Labute approximate surface area is 154 Å². The first-order valence-corrected chi connectivity index (χ1v) is 10.2. The molecule has 0 amide bonds. The Morgan fingerprint density at radius 3 is 2.48 bits per heavy atom. The molecule has 2 aromatic rings. The first kappa shape index (κ1) is 18.5. The first-order valence-electron chi connectivity index (χ1n) is 9.35. The third kappa shape index (κ3) is 5.87. The van der Waals surface area contributed by atoms with Crippen LogP contribution in [0.2, 0.25) is 0 Å². The number of nitrogens with zero attached hydrogens (tertiary/aromatic N) is 3. The van der Waals surface area contributed by atoms with Crippen molar-refractivity contribution in [3.8, 4) is 0 Å². The fraction of sp³-hybridized carbons (Fsp3) is 0.550. The van der Waals surface area contributed by atoms with Crippen LogP contribution in [0.15, 0.2) is 29.6 Å². The molecule has 0 N–H and O–H groups in total. The van der Waals surface area contributed by atoms with Gasteiger partial charge in [0.2, 0.25) is 0 Å². The molecule has 2 heterocycles. The van der Waals surface area contributed by atoms with E-state index in [2.05, 4.69) is 22.1 Å². The van der Waals surface area contributed by atoms with Crippen molar-refractivity contribution in [2.75, 3.05) is 26.2 Å². The van der Waals surface area contributed by atoms with Crippen molar-refractivity contribution in [1.82, 2.24) is 14.8 Å². The molecule has 0 atom stereocenters. The summed E-state index contributed by atoms with van der Waals surface area (Å²) in [6, 6.07) is 6.89. The molecular weight excluding hydrogens is 333 g/mol. The average molecular weight is 362 g/mol. The van der Waals surface area contributed by atoms with Crippen molar-refractivity contribution in [3.05, 3.63) is 51.7 Å². The van der Waals surface area contributed by atoms with Crippen LogP contribution >= 0.6 is 11.3 Å². The number of benzene rings is 1. The summed E-state index contributed by atoms with van der Waals surface area (Å²) in [6.45, 7) is 8.46. The van der Waals surface area contributed by atoms with Gasteiger partial charge in [-0.05, 0) is 50.0 Å². The summed E-state index contributed by atoms with van der Waals surface area (Å²) < 4.78 is 13.0. The van der Waals surface area contributed by atoms with Gasteiger partial charge in [0.25, 0.3) is 0 Å². The maximum Gasteiger partial charge on any atom is 0.123 e. The molecule has 0 radical (unpaired) electrons. The standard InChI is InChI=1S/C20H28FN3S/c1-2-3-5-20-22-19(16-25-20)15-24-11-4-10-23(12-13-24)14-17-6-8-18(21)9-7-17/h6-9,16H,2-5,10-15H2,1H3. The van der Waals surface area contributed by atoms with Crippen LogP contribution in [0.25, 0.3) is 0 Å². The Morgan fingerprint density at radius 2 is 1.76 bits per heavy atom. The predicted octanol–water partition coefficient (Wildman–Crippen LogP) is 4.33. The Bertz CT molecular complexity index is 641. The Kier molecular flexibility index (Phi) is 6.96. The first-order chi connectivity index (χ1) is 12.2. The van der Waals surface area contributed by atoms with E-state index in [4.69, 9.17) is 4.98 Å². The van der Waals surface area contributed by atoms with E-state index in [1.807, 2.05) is 23.5 Å². The van der Waals surface area contributed by atoms with Crippen LogP contribution in [-0.4, -0.2) is 41.0 Å². The third-order valence-electron chi connectivity index (χ3n) is 4.73. The predicted molar refractivity (Wildman–Crippen MR) is 102 cm³/mol. The van der Waals surface area contributed by atoms with E-state index >= 15 is 0 Å². The molecule has 0 unspecified atom stereocenters. The van der Waals surface area contributed by atoms with Crippen molar-refractivity contribution < 1.29 is 4.39 Å². The molecule has 0 bridgehead atoms. The fourth-order valence-corrected chi connectivity index (χ4v) is 4.11. The van der Waals surface area contributed by atoms with Crippen LogP contribution in [0, 0.1) is 5.82 Å². The lowest BCUT2D eigenvalue weighted by Gasteiger charge is -2.21. The Balaban J connectivity index is 1.47. The highest BCUT2D eigenvalue weighted by Crippen LogP contribution is 2.16. The summed E-state index contributed by atoms with van der Waals surface area (Å²) in [7, 11) is 0. The number of unbranched alkanes of at least 4 members (excludes halogenated alkanes) is 1. The van der Waals surface area contributed by atoms with E-state index in [1.54, 1.807) is 12.1 Å². The van der Waals surface area contributed by atoms with E-state index in [0.29, 0.717) is 0 Å². The fourth-order valence-electron chi connectivity index (χ4n) is 3.28. The van der Waals surface area contributed by atoms with Crippen molar-refractivity contribution >= 4 is 11.3 Å². The minimum absolute atomic E-state index is 0.160. The topological polar surface area (TPSA) is 19.4 Å². The lowest BCUT2D eigenvalue weighted by atomic mass is 10.2. The Morgan fingerprint density at radius 1 is 1.04 bits per heavy atom. The van der Waals surface area contributed by atoms with Crippen LogP contribution < -0.4 is 0 Å². The zero-order valence-electron chi connectivity index (χ0n) is 15.1. The Hall–Kier alpha value is -1.30. The molecule has 1 aromatic heterocycles. The summed E-state index contributed by atoms with van der Waals surface area (Å²) in [5.74, 6) is -0.160. The molecule has 0 spiro atoms. The molecule has 136 valence electrons. The van der Waals surface area contributed by atoms with Gasteiger partial charge in [0.1, 0.15) is 5.82 Å². The zero-order valence-corrected chi connectivity index (χ0v) is 15.9. The van der Waals surface area contributed by atoms with Gasteiger partial charge in [-0.3, -0.25) is 9.80 Å². The van der Waals surface area contributed by atoms with Crippen LogP contribution in [-0.2, 0) is 19.5 Å². The maximum absolute atomic E-state index is 13.0. The number of aryl methyl sites for hydroxylation is 1. The molecule has 1 saturated heterocycles. The molecule has 0 aliphatic carbocycles. The molecule has 3 nitrogen and oxygen atoms in total. The highest BCUT2D eigenvalue weighted by atomic mass is 32.1. The van der Waals surface area contributed by atoms with E-state index < -0.39 is 0 Å². The van der Waals surface area contributed by atoms with Crippen molar-refractivity contribution in [3.63, 3.8) is 0 Å². The summed E-state index contributed by atoms with van der Waals surface area (Å²) in [6.07, 6.45) is 4.75. The maximum atomic E-state index is 13.0. The van der Waals surface area contributed by atoms with Gasteiger partial charge >= 0.3 is 0 Å². The molecule has 25 heavy (non-hydrogen) atoms. The molecule has 1 fully saturated rings. The highest BCUT2D eigenvalue weighted by Gasteiger charge is 2.16. The number of aromatic nitrogens is 1. The summed E-state index contributed by atoms with van der Waals surface area (Å²) >= 11 is 1.81. The second kappa shape index (κ2) is 9.41. The minimum Gasteiger partial charge on any atom is -0.298 e. The van der Waals surface area contributed by atoms with Gasteiger partial charge in [0.15, 0.2) is 0 Å². The third-order valence-corrected chi connectivity index (χ3v) is 5.69. The largest absolute Gasteiger partial charge is 0.298 e. The quantitative estimate of drug-likeness (QED) is 0.732. The SMILES string of the molecule is CCCCc1nc(CN2CCCN(Cc3ccc(F)cc3)CC2)cs1. The van der Waals surface area contributed by atoms with Crippen molar-refractivity contribution in [2.24, 2.45) is 0 Å². The number of hydrogen-bond acceptors (Lipinski definition) is 4. The van der Waals surface area contributed by atoms with E-state index in [-0.39, 0.29) is 5.82 Å². The normalized spacial score (nSPS) is 16.9. The number of rotatable bonds is 7. The van der Waals surface area contributed by atoms with E-state index in [9.17, 15) is 4.39 Å². The van der Waals surface area contributed by atoms with Gasteiger partial charge in [-0.25, -0.2) is 9.37 Å². The highest BCUT2D eigenvalue weighted by molar-refractivity contribution is 7.09. The van der Waals surface area contributed by atoms with Crippen LogP contribution in [0.4, 0.5) is 4.39 Å². The van der Waals surface area contributed by atoms with Gasteiger partial charge in [0.05, 0.1) is 10.7 Å². The number of thiazole rings is 1. The molecule has 3 rings (SSSR count). The van der Waals surface area contributed by atoms with Gasteiger partial charge in [0, 0.05) is 31.6 Å².